The van der Waals surface area contributed by atoms with E-state index in [1.807, 2.05) is 63.4 Å². The van der Waals surface area contributed by atoms with Crippen LogP contribution in [0.25, 0.3) is 0 Å². The molecule has 1 amide bonds. The average molecular weight is 359 g/mol. The van der Waals surface area contributed by atoms with Crippen molar-refractivity contribution in [3.8, 4) is 5.75 Å². The van der Waals surface area contributed by atoms with Crippen LogP contribution >= 0.6 is 11.8 Å². The number of rotatable bonds is 8. The van der Waals surface area contributed by atoms with Crippen molar-refractivity contribution in [1.29, 1.82) is 0 Å². The number of hydrogen-bond donors (Lipinski definition) is 1. The fourth-order valence-electron chi connectivity index (χ4n) is 2.33. The number of hydrogen-bond acceptors (Lipinski definition) is 4. The normalized spacial score (nSPS) is 10.8. The maximum absolute atomic E-state index is 12.6. The highest BCUT2D eigenvalue weighted by Gasteiger charge is 2.13. The van der Waals surface area contributed by atoms with Crippen LogP contribution in [0.15, 0.2) is 47.4 Å². The molecular formula is C20H25NO3S. The summed E-state index contributed by atoms with van der Waals surface area (Å²) in [5.74, 6) is 0.611. The molecule has 0 spiro atoms. The van der Waals surface area contributed by atoms with Crippen molar-refractivity contribution in [1.82, 2.24) is 0 Å². The van der Waals surface area contributed by atoms with Gasteiger partial charge in [0.1, 0.15) is 5.75 Å². The van der Waals surface area contributed by atoms with Crippen LogP contribution in [0.2, 0.25) is 0 Å². The molecule has 0 fully saturated rings. The number of anilines is 1. The Balaban J connectivity index is 2.22. The highest BCUT2D eigenvalue weighted by atomic mass is 32.2. The molecule has 0 bridgehead atoms. The number of carbonyl (C=O) groups excluding carboxylic acids is 1. The first-order valence-corrected chi connectivity index (χ1v) is 9.59. The summed E-state index contributed by atoms with van der Waals surface area (Å²) in [5.41, 5.74) is 2.27. The van der Waals surface area contributed by atoms with Crippen LogP contribution < -0.4 is 10.1 Å². The van der Waals surface area contributed by atoms with E-state index in [4.69, 9.17) is 9.47 Å². The lowest BCUT2D eigenvalue weighted by Gasteiger charge is -2.14. The molecule has 134 valence electrons. The molecule has 5 heteroatoms. The van der Waals surface area contributed by atoms with Gasteiger partial charge < -0.3 is 14.8 Å². The Kier molecular flexibility index (Phi) is 7.34. The van der Waals surface area contributed by atoms with Crippen molar-refractivity contribution < 1.29 is 14.3 Å². The Morgan fingerprint density at radius 1 is 1.20 bits per heavy atom. The molecule has 0 aliphatic heterocycles. The Morgan fingerprint density at radius 3 is 2.64 bits per heavy atom. The maximum Gasteiger partial charge on any atom is 0.255 e. The second-order valence-electron chi connectivity index (χ2n) is 5.77. The molecule has 0 radical (unpaired) electrons. The highest BCUT2D eigenvalue weighted by molar-refractivity contribution is 7.98. The molecule has 0 aliphatic rings. The zero-order valence-electron chi connectivity index (χ0n) is 15.2. The third-order valence-corrected chi connectivity index (χ3v) is 4.35. The Hall–Kier alpha value is -1.98. The lowest BCUT2D eigenvalue weighted by molar-refractivity contribution is 0.0641. The minimum atomic E-state index is -0.143. The molecule has 0 aliphatic carbocycles. The van der Waals surface area contributed by atoms with Gasteiger partial charge in [-0.1, -0.05) is 12.1 Å². The van der Waals surface area contributed by atoms with Gasteiger partial charge in [0.05, 0.1) is 25.0 Å². The molecule has 2 rings (SSSR count). The van der Waals surface area contributed by atoms with Gasteiger partial charge in [-0.05, 0) is 57.4 Å². The number of carbonyl (C=O) groups is 1. The number of ether oxygens (including phenoxy) is 2. The standard InChI is InChI=1S/C20H25NO3S/c1-5-23-18-11-10-15(12-16(18)13-24-14(2)3)20(22)21-17-8-6-7-9-19(17)25-4/h6-12,14H,5,13H2,1-4H3,(H,21,22). The van der Waals surface area contributed by atoms with Gasteiger partial charge in [-0.15, -0.1) is 11.8 Å². The highest BCUT2D eigenvalue weighted by Crippen LogP contribution is 2.26. The number of thioether (sulfide) groups is 1. The molecule has 1 N–H and O–H groups in total. The minimum absolute atomic E-state index is 0.111. The largest absolute Gasteiger partial charge is 0.494 e. The maximum atomic E-state index is 12.6. The predicted molar refractivity (Wildman–Crippen MR) is 104 cm³/mol. The van der Waals surface area contributed by atoms with Crippen LogP contribution in [0.3, 0.4) is 0 Å². The van der Waals surface area contributed by atoms with Crippen LogP contribution in [0.5, 0.6) is 5.75 Å². The van der Waals surface area contributed by atoms with Gasteiger partial charge in [0.2, 0.25) is 0 Å². The number of para-hydroxylation sites is 1. The Bertz CT molecular complexity index is 716. The van der Waals surface area contributed by atoms with E-state index in [1.165, 1.54) is 0 Å². The first-order chi connectivity index (χ1) is 12.0. The summed E-state index contributed by atoms with van der Waals surface area (Å²) >= 11 is 1.60. The molecular weight excluding hydrogens is 334 g/mol. The zero-order valence-corrected chi connectivity index (χ0v) is 16.0. The van der Waals surface area contributed by atoms with Crippen molar-refractivity contribution in [2.45, 2.75) is 38.4 Å². The molecule has 0 saturated carbocycles. The van der Waals surface area contributed by atoms with E-state index in [9.17, 15) is 4.79 Å². The summed E-state index contributed by atoms with van der Waals surface area (Å²) in [6.45, 7) is 6.89. The van der Waals surface area contributed by atoms with E-state index in [0.29, 0.717) is 18.8 Å². The molecule has 0 atom stereocenters. The Morgan fingerprint density at radius 2 is 1.96 bits per heavy atom. The van der Waals surface area contributed by atoms with Gasteiger partial charge in [0.15, 0.2) is 0 Å². The Labute approximate surface area is 153 Å². The summed E-state index contributed by atoms with van der Waals surface area (Å²) < 4.78 is 11.3. The molecule has 0 saturated heterocycles. The van der Waals surface area contributed by atoms with Crippen LogP contribution in [0.1, 0.15) is 36.7 Å². The molecule has 0 heterocycles. The van der Waals surface area contributed by atoms with E-state index in [1.54, 1.807) is 17.8 Å². The number of amides is 1. The smallest absolute Gasteiger partial charge is 0.255 e. The van der Waals surface area contributed by atoms with Gasteiger partial charge in [-0.25, -0.2) is 0 Å². The fourth-order valence-corrected chi connectivity index (χ4v) is 2.88. The van der Waals surface area contributed by atoms with Crippen molar-refractivity contribution in [2.75, 3.05) is 18.2 Å². The van der Waals surface area contributed by atoms with Crippen LogP contribution in [0, 0.1) is 0 Å². The summed E-state index contributed by atoms with van der Waals surface area (Å²) in [6, 6.07) is 13.2. The number of benzene rings is 2. The monoisotopic (exact) mass is 359 g/mol. The molecule has 25 heavy (non-hydrogen) atoms. The quantitative estimate of drug-likeness (QED) is 0.675. The summed E-state index contributed by atoms with van der Waals surface area (Å²) in [7, 11) is 0. The lowest BCUT2D eigenvalue weighted by Crippen LogP contribution is -2.13. The SMILES string of the molecule is CCOc1ccc(C(=O)Nc2ccccc2SC)cc1COC(C)C. The minimum Gasteiger partial charge on any atom is -0.494 e. The van der Waals surface area contributed by atoms with Gasteiger partial charge in [-0.3, -0.25) is 4.79 Å². The molecule has 4 nitrogen and oxygen atoms in total. The molecule has 2 aromatic rings. The first-order valence-electron chi connectivity index (χ1n) is 8.36. The van der Waals surface area contributed by atoms with Crippen LogP contribution in [0.4, 0.5) is 5.69 Å². The van der Waals surface area contributed by atoms with Crippen molar-refractivity contribution in [2.24, 2.45) is 0 Å². The van der Waals surface area contributed by atoms with Gasteiger partial charge >= 0.3 is 0 Å². The fraction of sp³-hybridized carbons (Fsp3) is 0.350. The number of nitrogens with one attached hydrogen (secondary N) is 1. The van der Waals surface area contributed by atoms with Gasteiger partial charge in [0, 0.05) is 16.0 Å². The van der Waals surface area contributed by atoms with Crippen molar-refractivity contribution >= 4 is 23.4 Å². The summed E-state index contributed by atoms with van der Waals surface area (Å²) in [6.07, 6.45) is 2.10. The van der Waals surface area contributed by atoms with Crippen LogP contribution in [-0.4, -0.2) is 24.9 Å². The van der Waals surface area contributed by atoms with Crippen molar-refractivity contribution in [3.05, 3.63) is 53.6 Å². The average Bonchev–Trinajstić information content (AvgIpc) is 2.61. The molecule has 0 unspecified atom stereocenters. The topological polar surface area (TPSA) is 47.6 Å². The summed E-state index contributed by atoms with van der Waals surface area (Å²) in [4.78, 5) is 13.7. The van der Waals surface area contributed by atoms with Crippen molar-refractivity contribution in [3.63, 3.8) is 0 Å². The molecule has 0 aromatic heterocycles. The van der Waals surface area contributed by atoms with Crippen LogP contribution in [-0.2, 0) is 11.3 Å². The summed E-state index contributed by atoms with van der Waals surface area (Å²) in [5, 5.41) is 2.98. The van der Waals surface area contributed by atoms with E-state index in [0.717, 1.165) is 21.9 Å². The second-order valence-corrected chi connectivity index (χ2v) is 6.62. The first kappa shape index (κ1) is 19.3. The third kappa shape index (κ3) is 5.51. The van der Waals surface area contributed by atoms with E-state index >= 15 is 0 Å². The predicted octanol–water partition coefficient (Wildman–Crippen LogP) is 4.98. The van der Waals surface area contributed by atoms with Gasteiger partial charge in [-0.2, -0.15) is 0 Å². The second kappa shape index (κ2) is 9.49. The molecule has 2 aromatic carbocycles. The third-order valence-electron chi connectivity index (χ3n) is 3.55. The van der Waals surface area contributed by atoms with E-state index < -0.39 is 0 Å². The van der Waals surface area contributed by atoms with Gasteiger partial charge in [0.25, 0.3) is 5.91 Å². The van der Waals surface area contributed by atoms with E-state index in [2.05, 4.69) is 5.32 Å². The lowest BCUT2D eigenvalue weighted by atomic mass is 10.1. The zero-order chi connectivity index (χ0) is 18.2. The van der Waals surface area contributed by atoms with E-state index in [-0.39, 0.29) is 12.0 Å².